The van der Waals surface area contributed by atoms with Gasteiger partial charge in [-0.2, -0.15) is 13.2 Å². The maximum absolute atomic E-state index is 12.5. The molecule has 0 spiro atoms. The number of alkyl halides is 3. The molecule has 1 unspecified atom stereocenters. The Morgan fingerprint density at radius 2 is 2.00 bits per heavy atom. The van der Waals surface area contributed by atoms with Crippen molar-refractivity contribution in [1.29, 1.82) is 0 Å². The Hall–Kier alpha value is -2.00. The summed E-state index contributed by atoms with van der Waals surface area (Å²) in [6.45, 7) is 1.84. The molecule has 0 fully saturated rings. The number of nitrogens with one attached hydrogen (secondary N) is 1. The van der Waals surface area contributed by atoms with Crippen LogP contribution in [0.5, 0.6) is 0 Å². The van der Waals surface area contributed by atoms with E-state index in [-0.39, 0.29) is 6.54 Å². The fourth-order valence-corrected chi connectivity index (χ4v) is 2.69. The molecule has 0 aliphatic carbocycles. The number of aromatic nitrogens is 2. The third-order valence-corrected chi connectivity index (χ3v) is 4.09. The fraction of sp³-hybridized carbons (Fsp3) is 0.400. The average molecular weight is 359 g/mol. The van der Waals surface area contributed by atoms with Crippen LogP contribution in [0.3, 0.4) is 0 Å². The van der Waals surface area contributed by atoms with E-state index in [9.17, 15) is 23.1 Å². The van der Waals surface area contributed by atoms with Crippen LogP contribution in [-0.2, 0) is 12.6 Å². The van der Waals surface area contributed by atoms with Gasteiger partial charge < -0.3 is 10.4 Å². The number of halogens is 3. The number of hydrogen-bond donors (Lipinski definition) is 2. The van der Waals surface area contributed by atoms with E-state index in [1.54, 1.807) is 0 Å². The molecule has 0 saturated heterocycles. The second-order valence-corrected chi connectivity index (χ2v) is 5.90. The van der Waals surface area contributed by atoms with Gasteiger partial charge in [0.05, 0.1) is 17.4 Å². The van der Waals surface area contributed by atoms with Gasteiger partial charge in [0.1, 0.15) is 4.88 Å². The lowest BCUT2D eigenvalue weighted by atomic mass is 10.1. The summed E-state index contributed by atoms with van der Waals surface area (Å²) in [6, 6.07) is 4.17. The number of aliphatic hydroxyl groups excluding tert-OH is 1. The summed E-state index contributed by atoms with van der Waals surface area (Å²) in [4.78, 5) is 12.5. The minimum Gasteiger partial charge on any atom is -0.387 e. The van der Waals surface area contributed by atoms with Gasteiger partial charge in [-0.15, -0.1) is 5.10 Å². The molecule has 1 aromatic carbocycles. The summed E-state index contributed by atoms with van der Waals surface area (Å²) in [5, 5.41) is 16.4. The molecule has 5 nitrogen and oxygen atoms in total. The van der Waals surface area contributed by atoms with E-state index in [1.807, 2.05) is 6.92 Å². The Labute approximate surface area is 140 Å². The highest BCUT2D eigenvalue weighted by Gasteiger charge is 2.30. The number of benzene rings is 1. The first kappa shape index (κ1) is 18.3. The monoisotopic (exact) mass is 359 g/mol. The number of hydrogen-bond acceptors (Lipinski definition) is 5. The van der Waals surface area contributed by atoms with Gasteiger partial charge >= 0.3 is 6.18 Å². The molecule has 2 aromatic rings. The Bertz CT molecular complexity index is 686. The summed E-state index contributed by atoms with van der Waals surface area (Å²) in [5.41, 5.74) is 0.103. The van der Waals surface area contributed by atoms with Crippen LogP contribution in [0.2, 0.25) is 0 Å². The molecule has 9 heteroatoms. The maximum atomic E-state index is 12.5. The van der Waals surface area contributed by atoms with E-state index in [0.29, 0.717) is 22.6 Å². The molecule has 2 N–H and O–H groups in total. The zero-order valence-electron chi connectivity index (χ0n) is 12.8. The van der Waals surface area contributed by atoms with Gasteiger partial charge in [0.15, 0.2) is 0 Å². The predicted molar refractivity (Wildman–Crippen MR) is 82.6 cm³/mol. The van der Waals surface area contributed by atoms with Gasteiger partial charge in [-0.3, -0.25) is 4.79 Å². The molecule has 0 radical (unpaired) electrons. The quantitative estimate of drug-likeness (QED) is 0.832. The molecule has 1 heterocycles. The zero-order valence-corrected chi connectivity index (χ0v) is 13.6. The zero-order chi connectivity index (χ0) is 17.7. The highest BCUT2D eigenvalue weighted by Crippen LogP contribution is 2.29. The minimum atomic E-state index is -4.42. The van der Waals surface area contributed by atoms with Crippen molar-refractivity contribution in [2.24, 2.45) is 0 Å². The minimum absolute atomic E-state index is 0.117. The Kier molecular flexibility index (Phi) is 5.89. The number of carbonyl (C=O) groups is 1. The first-order valence-electron chi connectivity index (χ1n) is 7.27. The summed E-state index contributed by atoms with van der Waals surface area (Å²) in [7, 11) is 0. The molecule has 0 aliphatic rings. The average Bonchev–Trinajstić information content (AvgIpc) is 3.00. The van der Waals surface area contributed by atoms with Crippen LogP contribution in [0, 0.1) is 0 Å². The summed E-state index contributed by atoms with van der Waals surface area (Å²) >= 11 is 0.970. The topological polar surface area (TPSA) is 75.1 Å². The molecule has 0 aliphatic heterocycles. The lowest BCUT2D eigenvalue weighted by molar-refractivity contribution is -0.137. The maximum Gasteiger partial charge on any atom is 0.416 e. The number of rotatable bonds is 6. The van der Waals surface area contributed by atoms with Crippen molar-refractivity contribution < 1.29 is 23.1 Å². The first-order valence-corrected chi connectivity index (χ1v) is 8.05. The van der Waals surface area contributed by atoms with E-state index in [1.165, 1.54) is 12.1 Å². The van der Waals surface area contributed by atoms with Crippen molar-refractivity contribution in [2.75, 3.05) is 6.54 Å². The lowest BCUT2D eigenvalue weighted by Gasteiger charge is -2.13. The molecule has 1 aromatic heterocycles. The van der Waals surface area contributed by atoms with Gasteiger partial charge in [0.2, 0.25) is 0 Å². The molecule has 1 atom stereocenters. The molecule has 1 amide bonds. The molecule has 0 bridgehead atoms. The van der Waals surface area contributed by atoms with Crippen molar-refractivity contribution in [3.63, 3.8) is 0 Å². The summed E-state index contributed by atoms with van der Waals surface area (Å²) in [6.07, 6.45) is -4.08. The van der Waals surface area contributed by atoms with Crippen molar-refractivity contribution in [2.45, 2.75) is 32.0 Å². The molecule has 0 saturated carbocycles. The highest BCUT2D eigenvalue weighted by atomic mass is 32.1. The molecule has 130 valence electrons. The summed E-state index contributed by atoms with van der Waals surface area (Å²) < 4.78 is 41.2. The van der Waals surface area contributed by atoms with Crippen LogP contribution < -0.4 is 5.32 Å². The fourth-order valence-electron chi connectivity index (χ4n) is 2.06. The number of aliphatic hydroxyl groups is 1. The number of carbonyl (C=O) groups excluding carboxylic acids is 1. The Morgan fingerprint density at radius 3 is 2.58 bits per heavy atom. The number of aryl methyl sites for hydroxylation is 1. The van der Waals surface area contributed by atoms with E-state index in [2.05, 4.69) is 14.9 Å². The van der Waals surface area contributed by atoms with Crippen LogP contribution in [0.25, 0.3) is 0 Å². The van der Waals surface area contributed by atoms with Crippen LogP contribution >= 0.6 is 11.5 Å². The third-order valence-electron chi connectivity index (χ3n) is 3.33. The lowest BCUT2D eigenvalue weighted by Crippen LogP contribution is -2.28. The van der Waals surface area contributed by atoms with Crippen molar-refractivity contribution in [3.8, 4) is 0 Å². The second kappa shape index (κ2) is 7.71. The standard InChI is InChI=1S/C15H16F3N3O2S/c1-2-3-11-13(24-21-20-11)14(23)19-8-12(22)9-4-6-10(7-5-9)15(16,17)18/h4-7,12,22H,2-3,8H2,1H3,(H,19,23). The molecule has 24 heavy (non-hydrogen) atoms. The second-order valence-electron chi connectivity index (χ2n) is 5.14. The van der Waals surface area contributed by atoms with Crippen LogP contribution in [-0.4, -0.2) is 27.1 Å². The van der Waals surface area contributed by atoms with E-state index >= 15 is 0 Å². The van der Waals surface area contributed by atoms with E-state index in [4.69, 9.17) is 0 Å². The highest BCUT2D eigenvalue weighted by molar-refractivity contribution is 7.08. The number of amides is 1. The van der Waals surface area contributed by atoms with Crippen LogP contribution in [0.4, 0.5) is 13.2 Å². The Morgan fingerprint density at radius 1 is 1.33 bits per heavy atom. The van der Waals surface area contributed by atoms with Crippen molar-refractivity contribution in [3.05, 3.63) is 46.0 Å². The number of nitrogens with zero attached hydrogens (tertiary/aromatic N) is 2. The third kappa shape index (κ3) is 4.51. The normalized spacial score (nSPS) is 12.9. The van der Waals surface area contributed by atoms with Gasteiger partial charge in [0, 0.05) is 6.54 Å². The van der Waals surface area contributed by atoms with E-state index in [0.717, 1.165) is 30.1 Å². The molecular weight excluding hydrogens is 343 g/mol. The van der Waals surface area contributed by atoms with Crippen LogP contribution in [0.15, 0.2) is 24.3 Å². The van der Waals surface area contributed by atoms with Gasteiger partial charge in [-0.05, 0) is 35.6 Å². The van der Waals surface area contributed by atoms with Gasteiger partial charge in [0.25, 0.3) is 5.91 Å². The summed E-state index contributed by atoms with van der Waals surface area (Å²) in [5.74, 6) is -0.403. The predicted octanol–water partition coefficient (Wildman–Crippen LogP) is 2.97. The van der Waals surface area contributed by atoms with Crippen molar-refractivity contribution in [1.82, 2.24) is 14.9 Å². The molecule has 2 rings (SSSR count). The van der Waals surface area contributed by atoms with Crippen molar-refractivity contribution >= 4 is 17.4 Å². The van der Waals surface area contributed by atoms with E-state index < -0.39 is 23.8 Å². The Balaban J connectivity index is 1.96. The smallest absolute Gasteiger partial charge is 0.387 e. The largest absolute Gasteiger partial charge is 0.416 e. The van der Waals surface area contributed by atoms with Gasteiger partial charge in [-0.1, -0.05) is 30.0 Å². The van der Waals surface area contributed by atoms with Crippen LogP contribution in [0.1, 0.15) is 45.9 Å². The molecular formula is C15H16F3N3O2S. The first-order chi connectivity index (χ1) is 11.3. The van der Waals surface area contributed by atoms with Gasteiger partial charge in [-0.25, -0.2) is 0 Å². The SMILES string of the molecule is CCCc1nnsc1C(=O)NCC(O)c1ccc(C(F)(F)F)cc1.